The molecule has 2 nitrogen and oxygen atoms in total. The van der Waals surface area contributed by atoms with Crippen molar-refractivity contribution in [3.05, 3.63) is 30.3 Å². The number of carbonyl (C=O) groups excluding carboxylic acids is 1. The third-order valence-electron chi connectivity index (χ3n) is 4.27. The Hall–Kier alpha value is -0.960. The van der Waals surface area contributed by atoms with E-state index in [-0.39, 0.29) is 0 Å². The molecule has 3 rings (SSSR count). The standard InChI is InChI=1S/C17H23NOS/c19-17(12-13-20-16-8-2-1-3-9-16)18(15-10-11-15)14-6-4-5-7-14/h1-3,8-9,14-15H,4-7,10-13H2. The van der Waals surface area contributed by atoms with Gasteiger partial charge in [-0.15, -0.1) is 11.8 Å². The molecule has 0 heterocycles. The van der Waals surface area contributed by atoms with Gasteiger partial charge in [0.25, 0.3) is 0 Å². The first-order valence-electron chi connectivity index (χ1n) is 7.83. The average Bonchev–Trinajstić information content (AvgIpc) is 3.15. The fourth-order valence-electron chi connectivity index (χ4n) is 3.14. The van der Waals surface area contributed by atoms with E-state index in [1.807, 2.05) is 6.07 Å². The van der Waals surface area contributed by atoms with Crippen LogP contribution in [0.15, 0.2) is 35.2 Å². The van der Waals surface area contributed by atoms with Gasteiger partial charge in [0.05, 0.1) is 0 Å². The van der Waals surface area contributed by atoms with Crippen molar-refractivity contribution in [2.75, 3.05) is 5.75 Å². The van der Waals surface area contributed by atoms with Gasteiger partial charge in [-0.3, -0.25) is 4.79 Å². The van der Waals surface area contributed by atoms with Gasteiger partial charge in [-0.2, -0.15) is 0 Å². The Bertz CT molecular complexity index is 438. The number of amides is 1. The van der Waals surface area contributed by atoms with Crippen molar-refractivity contribution < 1.29 is 4.79 Å². The molecule has 2 aliphatic carbocycles. The summed E-state index contributed by atoms with van der Waals surface area (Å²) in [5.41, 5.74) is 0. The lowest BCUT2D eigenvalue weighted by Gasteiger charge is -2.29. The molecular formula is C17H23NOS. The van der Waals surface area contributed by atoms with E-state index in [2.05, 4.69) is 29.2 Å². The first-order chi connectivity index (χ1) is 9.84. The first-order valence-corrected chi connectivity index (χ1v) is 8.82. The number of thioether (sulfide) groups is 1. The molecule has 0 atom stereocenters. The van der Waals surface area contributed by atoms with Crippen LogP contribution in [0.4, 0.5) is 0 Å². The van der Waals surface area contributed by atoms with Crippen molar-refractivity contribution in [2.24, 2.45) is 0 Å². The molecule has 0 saturated heterocycles. The molecule has 2 saturated carbocycles. The van der Waals surface area contributed by atoms with Gasteiger partial charge in [0, 0.05) is 29.2 Å². The summed E-state index contributed by atoms with van der Waals surface area (Å²) in [6.07, 6.45) is 8.22. The Morgan fingerprint density at radius 2 is 1.70 bits per heavy atom. The van der Waals surface area contributed by atoms with Crippen LogP contribution in [0.2, 0.25) is 0 Å². The third kappa shape index (κ3) is 3.57. The molecule has 0 spiro atoms. The fourth-order valence-corrected chi connectivity index (χ4v) is 4.00. The molecule has 0 aliphatic heterocycles. The molecule has 1 aromatic carbocycles. The highest BCUT2D eigenvalue weighted by atomic mass is 32.2. The van der Waals surface area contributed by atoms with Gasteiger partial charge in [-0.05, 0) is 37.8 Å². The number of rotatable bonds is 6. The van der Waals surface area contributed by atoms with Crippen LogP contribution in [0, 0.1) is 0 Å². The van der Waals surface area contributed by atoms with Gasteiger partial charge in [0.2, 0.25) is 5.91 Å². The molecule has 0 radical (unpaired) electrons. The topological polar surface area (TPSA) is 20.3 Å². The van der Waals surface area contributed by atoms with E-state index in [4.69, 9.17) is 0 Å². The zero-order valence-electron chi connectivity index (χ0n) is 12.0. The Morgan fingerprint density at radius 3 is 2.35 bits per heavy atom. The molecule has 0 aromatic heterocycles. The Labute approximate surface area is 125 Å². The van der Waals surface area contributed by atoms with E-state index in [0.29, 0.717) is 24.4 Å². The minimum atomic E-state index is 0.392. The molecule has 20 heavy (non-hydrogen) atoms. The van der Waals surface area contributed by atoms with Crippen LogP contribution in [0.1, 0.15) is 44.9 Å². The van der Waals surface area contributed by atoms with E-state index >= 15 is 0 Å². The van der Waals surface area contributed by atoms with E-state index in [1.165, 1.54) is 43.4 Å². The Kier molecular flexibility index (Phi) is 4.66. The summed E-state index contributed by atoms with van der Waals surface area (Å²) < 4.78 is 0. The molecule has 1 aromatic rings. The monoisotopic (exact) mass is 289 g/mol. The van der Waals surface area contributed by atoms with Gasteiger partial charge >= 0.3 is 0 Å². The molecule has 0 bridgehead atoms. The summed E-state index contributed by atoms with van der Waals surface area (Å²) in [7, 11) is 0. The fraction of sp³-hybridized carbons (Fsp3) is 0.588. The Balaban J connectivity index is 1.49. The lowest BCUT2D eigenvalue weighted by atomic mass is 10.2. The number of benzene rings is 1. The predicted molar refractivity (Wildman–Crippen MR) is 83.9 cm³/mol. The second-order valence-corrected chi connectivity index (χ2v) is 7.05. The quantitative estimate of drug-likeness (QED) is 0.735. The summed E-state index contributed by atoms with van der Waals surface area (Å²) in [5, 5.41) is 0. The highest BCUT2D eigenvalue weighted by Gasteiger charge is 2.37. The molecule has 1 amide bonds. The predicted octanol–water partition coefficient (Wildman–Crippen LogP) is 4.10. The van der Waals surface area contributed by atoms with Crippen LogP contribution in [0.5, 0.6) is 0 Å². The number of hydrogen-bond donors (Lipinski definition) is 0. The lowest BCUT2D eigenvalue weighted by Crippen LogP contribution is -2.40. The molecule has 2 aliphatic rings. The van der Waals surface area contributed by atoms with Crippen LogP contribution in [0.25, 0.3) is 0 Å². The molecule has 108 valence electrons. The maximum absolute atomic E-state index is 12.5. The summed E-state index contributed by atoms with van der Waals surface area (Å²) in [6, 6.07) is 11.5. The zero-order chi connectivity index (χ0) is 13.8. The summed E-state index contributed by atoms with van der Waals surface area (Å²) in [5.74, 6) is 1.29. The highest BCUT2D eigenvalue weighted by molar-refractivity contribution is 7.99. The van der Waals surface area contributed by atoms with E-state index in [9.17, 15) is 4.79 Å². The van der Waals surface area contributed by atoms with Crippen LogP contribution in [-0.2, 0) is 4.79 Å². The van der Waals surface area contributed by atoms with Crippen molar-refractivity contribution in [3.8, 4) is 0 Å². The van der Waals surface area contributed by atoms with Gasteiger partial charge < -0.3 is 4.90 Å². The molecule has 3 heteroatoms. The smallest absolute Gasteiger partial charge is 0.223 e. The van der Waals surface area contributed by atoms with Crippen LogP contribution < -0.4 is 0 Å². The van der Waals surface area contributed by atoms with Crippen molar-refractivity contribution in [3.63, 3.8) is 0 Å². The zero-order valence-corrected chi connectivity index (χ0v) is 12.8. The SMILES string of the molecule is O=C(CCSc1ccccc1)N(C1CCCC1)C1CC1. The summed E-state index contributed by atoms with van der Waals surface area (Å²) >= 11 is 1.79. The van der Waals surface area contributed by atoms with Crippen molar-refractivity contribution in [1.82, 2.24) is 4.90 Å². The van der Waals surface area contributed by atoms with E-state index < -0.39 is 0 Å². The van der Waals surface area contributed by atoms with Crippen molar-refractivity contribution in [2.45, 2.75) is 61.9 Å². The molecule has 2 fully saturated rings. The van der Waals surface area contributed by atoms with Gasteiger partial charge in [0.1, 0.15) is 0 Å². The second kappa shape index (κ2) is 6.66. The van der Waals surface area contributed by atoms with Crippen LogP contribution in [0.3, 0.4) is 0 Å². The maximum atomic E-state index is 12.5. The number of carbonyl (C=O) groups is 1. The molecule has 0 N–H and O–H groups in total. The van der Waals surface area contributed by atoms with Crippen LogP contribution >= 0.6 is 11.8 Å². The Morgan fingerprint density at radius 1 is 1.05 bits per heavy atom. The average molecular weight is 289 g/mol. The molecule has 0 unspecified atom stereocenters. The second-order valence-electron chi connectivity index (χ2n) is 5.88. The summed E-state index contributed by atoms with van der Waals surface area (Å²) in [6.45, 7) is 0. The normalized spacial score (nSPS) is 19.2. The largest absolute Gasteiger partial charge is 0.337 e. The van der Waals surface area contributed by atoms with Gasteiger partial charge in [-0.25, -0.2) is 0 Å². The van der Waals surface area contributed by atoms with Gasteiger partial charge in [-0.1, -0.05) is 31.0 Å². The van der Waals surface area contributed by atoms with Crippen molar-refractivity contribution >= 4 is 17.7 Å². The highest BCUT2D eigenvalue weighted by Crippen LogP contribution is 2.35. The first kappa shape index (κ1) is 14.0. The minimum Gasteiger partial charge on any atom is -0.337 e. The van der Waals surface area contributed by atoms with E-state index in [0.717, 1.165) is 5.75 Å². The minimum absolute atomic E-state index is 0.392. The number of hydrogen-bond acceptors (Lipinski definition) is 2. The van der Waals surface area contributed by atoms with Gasteiger partial charge in [0.15, 0.2) is 0 Å². The van der Waals surface area contributed by atoms with E-state index in [1.54, 1.807) is 11.8 Å². The third-order valence-corrected chi connectivity index (χ3v) is 5.29. The van der Waals surface area contributed by atoms with Crippen LogP contribution in [-0.4, -0.2) is 28.6 Å². The van der Waals surface area contributed by atoms with Crippen molar-refractivity contribution in [1.29, 1.82) is 0 Å². The lowest BCUT2D eigenvalue weighted by molar-refractivity contribution is -0.133. The molecular weight excluding hydrogens is 266 g/mol. The summed E-state index contributed by atoms with van der Waals surface area (Å²) in [4.78, 5) is 16.0. The number of nitrogens with zero attached hydrogens (tertiary/aromatic N) is 1. The maximum Gasteiger partial charge on any atom is 0.223 e.